The van der Waals surface area contributed by atoms with Gasteiger partial charge in [-0.1, -0.05) is 29.5 Å². The Morgan fingerprint density at radius 2 is 1.85 bits per heavy atom. The van der Waals surface area contributed by atoms with E-state index < -0.39 is 6.17 Å². The lowest BCUT2D eigenvalue weighted by molar-refractivity contribution is 0.0939. The van der Waals surface area contributed by atoms with Crippen LogP contribution in [0.4, 0.5) is 5.82 Å². The Morgan fingerprint density at radius 1 is 1.07 bits per heavy atom. The number of para-hydroxylation sites is 1. The summed E-state index contributed by atoms with van der Waals surface area (Å²) >= 11 is 6.80. The number of benzene rings is 2. The molecule has 2 heterocycles. The first-order valence-corrected chi connectivity index (χ1v) is 9.45. The van der Waals surface area contributed by atoms with Crippen molar-refractivity contribution in [2.24, 2.45) is 0 Å². The van der Waals surface area contributed by atoms with Crippen molar-refractivity contribution in [1.82, 2.24) is 9.88 Å². The van der Waals surface area contributed by atoms with Crippen LogP contribution in [-0.4, -0.2) is 24.7 Å². The summed E-state index contributed by atoms with van der Waals surface area (Å²) in [6, 6.07) is 15.2. The van der Waals surface area contributed by atoms with Crippen molar-refractivity contribution in [3.63, 3.8) is 0 Å². The van der Waals surface area contributed by atoms with Gasteiger partial charge in [0, 0.05) is 17.3 Å². The van der Waals surface area contributed by atoms with Crippen molar-refractivity contribution in [2.45, 2.75) is 6.17 Å². The molecular formula is C19H17N3O3S2. The molecule has 3 aromatic rings. The van der Waals surface area contributed by atoms with Crippen molar-refractivity contribution in [1.29, 1.82) is 0 Å². The van der Waals surface area contributed by atoms with E-state index in [1.807, 2.05) is 47.0 Å². The Bertz CT molecular complexity index is 1060. The second kappa shape index (κ2) is 7.05. The lowest BCUT2D eigenvalue weighted by Crippen LogP contribution is -2.38. The number of amides is 1. The molecule has 1 unspecified atom stereocenters. The standard InChI is InChI=1S/C19H17N3O3S2/c1-24-12-8-9-13(14(10-12)25-2)16-20-17-15(18(23)21-16)27-19(26)22(17)11-6-4-3-5-7-11/h3-10,16,20H,1-2H3,(H,21,23). The van der Waals surface area contributed by atoms with Gasteiger partial charge >= 0.3 is 0 Å². The van der Waals surface area contributed by atoms with Gasteiger partial charge in [-0.25, -0.2) is 0 Å². The zero-order chi connectivity index (χ0) is 19.0. The minimum Gasteiger partial charge on any atom is -0.497 e. The second-order valence-corrected chi connectivity index (χ2v) is 7.52. The van der Waals surface area contributed by atoms with Gasteiger partial charge in [0.1, 0.15) is 28.4 Å². The van der Waals surface area contributed by atoms with Crippen molar-refractivity contribution in [2.75, 3.05) is 19.5 Å². The number of fused-ring (bicyclic) bond motifs is 1. The van der Waals surface area contributed by atoms with Gasteiger partial charge in [-0.2, -0.15) is 0 Å². The van der Waals surface area contributed by atoms with Crippen LogP contribution in [0, 0.1) is 3.95 Å². The van der Waals surface area contributed by atoms with Gasteiger partial charge < -0.3 is 20.1 Å². The van der Waals surface area contributed by atoms with E-state index in [0.717, 1.165) is 11.3 Å². The Hall–Kier alpha value is -2.84. The van der Waals surface area contributed by atoms with Gasteiger partial charge in [-0.3, -0.25) is 9.36 Å². The average molecular weight is 399 g/mol. The normalized spacial score (nSPS) is 15.5. The number of nitrogens with zero attached hydrogens (tertiary/aromatic N) is 1. The van der Waals surface area contributed by atoms with Crippen LogP contribution < -0.4 is 20.1 Å². The predicted octanol–water partition coefficient (Wildman–Crippen LogP) is 4.14. The number of nitrogens with one attached hydrogen (secondary N) is 2. The number of hydrogen-bond acceptors (Lipinski definition) is 6. The van der Waals surface area contributed by atoms with E-state index in [1.54, 1.807) is 20.3 Å². The van der Waals surface area contributed by atoms with Gasteiger partial charge in [0.15, 0.2) is 3.95 Å². The lowest BCUT2D eigenvalue weighted by atomic mass is 10.1. The van der Waals surface area contributed by atoms with E-state index in [-0.39, 0.29) is 5.91 Å². The number of aromatic nitrogens is 1. The summed E-state index contributed by atoms with van der Waals surface area (Å²) in [5.41, 5.74) is 1.71. The third-order valence-corrected chi connectivity index (χ3v) is 5.71. The number of ether oxygens (including phenoxy) is 2. The van der Waals surface area contributed by atoms with Crippen molar-refractivity contribution < 1.29 is 14.3 Å². The highest BCUT2D eigenvalue weighted by atomic mass is 32.1. The molecule has 4 rings (SSSR count). The zero-order valence-electron chi connectivity index (χ0n) is 14.7. The largest absolute Gasteiger partial charge is 0.497 e. The molecule has 0 spiro atoms. The first-order valence-electron chi connectivity index (χ1n) is 8.23. The maximum Gasteiger partial charge on any atom is 0.267 e. The van der Waals surface area contributed by atoms with Crippen LogP contribution in [0.15, 0.2) is 48.5 Å². The van der Waals surface area contributed by atoms with Crippen LogP contribution in [0.3, 0.4) is 0 Å². The van der Waals surface area contributed by atoms with Gasteiger partial charge in [0.05, 0.1) is 14.2 Å². The fraction of sp³-hybridized carbons (Fsp3) is 0.158. The summed E-state index contributed by atoms with van der Waals surface area (Å²) in [7, 11) is 3.19. The fourth-order valence-electron chi connectivity index (χ4n) is 3.05. The number of rotatable bonds is 4. The molecule has 0 saturated heterocycles. The SMILES string of the molecule is COc1ccc(C2NC(=O)c3sc(=S)n(-c4ccccc4)c3N2)c(OC)c1. The van der Waals surface area contributed by atoms with Gasteiger partial charge in [0.2, 0.25) is 0 Å². The van der Waals surface area contributed by atoms with Crippen LogP contribution in [0.1, 0.15) is 21.4 Å². The summed E-state index contributed by atoms with van der Waals surface area (Å²) in [5.74, 6) is 1.82. The van der Waals surface area contributed by atoms with Crippen molar-refractivity contribution in [3.05, 3.63) is 62.9 Å². The Labute approximate surface area is 165 Å². The summed E-state index contributed by atoms with van der Waals surface area (Å²) in [6.07, 6.45) is -0.454. The molecular weight excluding hydrogens is 382 g/mol. The molecule has 2 N–H and O–H groups in total. The molecule has 0 saturated carbocycles. The molecule has 27 heavy (non-hydrogen) atoms. The smallest absolute Gasteiger partial charge is 0.267 e. The molecule has 2 aromatic carbocycles. The molecule has 6 nitrogen and oxygen atoms in total. The molecule has 0 aliphatic carbocycles. The second-order valence-electron chi connectivity index (χ2n) is 5.88. The molecule has 1 aliphatic heterocycles. The summed E-state index contributed by atoms with van der Waals surface area (Å²) < 4.78 is 13.2. The predicted molar refractivity (Wildman–Crippen MR) is 108 cm³/mol. The molecule has 8 heteroatoms. The van der Waals surface area contributed by atoms with Crippen LogP contribution in [0.5, 0.6) is 11.5 Å². The summed E-state index contributed by atoms with van der Waals surface area (Å²) in [6.45, 7) is 0. The molecule has 0 bridgehead atoms. The third kappa shape index (κ3) is 3.07. The van der Waals surface area contributed by atoms with E-state index in [4.69, 9.17) is 21.7 Å². The monoisotopic (exact) mass is 399 g/mol. The van der Waals surface area contributed by atoms with Crippen LogP contribution in [-0.2, 0) is 0 Å². The topological polar surface area (TPSA) is 64.5 Å². The minimum absolute atomic E-state index is 0.169. The number of anilines is 1. The highest BCUT2D eigenvalue weighted by Crippen LogP contribution is 2.37. The van der Waals surface area contributed by atoms with E-state index in [2.05, 4.69) is 10.6 Å². The fourth-order valence-corrected chi connectivity index (χ4v) is 4.36. The quantitative estimate of drug-likeness (QED) is 0.646. The highest BCUT2D eigenvalue weighted by Gasteiger charge is 2.31. The van der Waals surface area contributed by atoms with E-state index in [0.29, 0.717) is 26.1 Å². The lowest BCUT2D eigenvalue weighted by Gasteiger charge is -2.28. The maximum atomic E-state index is 12.7. The first-order chi connectivity index (χ1) is 13.1. The number of methoxy groups -OCH3 is 2. The van der Waals surface area contributed by atoms with Gasteiger partial charge in [-0.05, 0) is 36.5 Å². The number of hydrogen-bond donors (Lipinski definition) is 2. The molecule has 1 amide bonds. The molecule has 138 valence electrons. The number of carbonyl (C=O) groups excluding carboxylic acids is 1. The van der Waals surface area contributed by atoms with Crippen molar-refractivity contribution in [3.8, 4) is 17.2 Å². The minimum atomic E-state index is -0.454. The number of carbonyl (C=O) groups is 1. The Morgan fingerprint density at radius 3 is 2.56 bits per heavy atom. The van der Waals surface area contributed by atoms with Crippen LogP contribution in [0.2, 0.25) is 0 Å². The Kier molecular flexibility index (Phi) is 4.59. The first kappa shape index (κ1) is 17.6. The van der Waals surface area contributed by atoms with E-state index in [1.165, 1.54) is 11.3 Å². The maximum absolute atomic E-state index is 12.7. The molecule has 1 aromatic heterocycles. The van der Waals surface area contributed by atoms with Crippen molar-refractivity contribution >= 4 is 35.3 Å². The number of thiazole rings is 1. The van der Waals surface area contributed by atoms with Gasteiger partial charge in [0.25, 0.3) is 5.91 Å². The highest BCUT2D eigenvalue weighted by molar-refractivity contribution is 7.73. The molecule has 0 fully saturated rings. The molecule has 1 atom stereocenters. The molecule has 0 radical (unpaired) electrons. The van der Waals surface area contributed by atoms with E-state index in [9.17, 15) is 4.79 Å². The third-order valence-electron chi connectivity index (χ3n) is 4.34. The average Bonchev–Trinajstić information content (AvgIpc) is 3.04. The van der Waals surface area contributed by atoms with Gasteiger partial charge in [-0.15, -0.1) is 0 Å². The molecule has 1 aliphatic rings. The summed E-state index contributed by atoms with van der Waals surface area (Å²) in [5, 5.41) is 6.37. The van der Waals surface area contributed by atoms with Crippen LogP contribution >= 0.6 is 23.6 Å². The van der Waals surface area contributed by atoms with E-state index >= 15 is 0 Å². The summed E-state index contributed by atoms with van der Waals surface area (Å²) in [4.78, 5) is 13.3. The zero-order valence-corrected chi connectivity index (χ0v) is 16.3. The van der Waals surface area contributed by atoms with Crippen LogP contribution in [0.25, 0.3) is 5.69 Å². The Balaban J connectivity index is 1.80.